The SMILES string of the molecule is CC1(C)Cc2nc(C3CCCC3)c(Cc3ccc(C(F)(F)F)cc3)c(-c3ccsc3)c2C(O)C1. The molecular formula is C28H30F3NOS. The molecule has 5 rings (SSSR count). The number of hydrogen-bond donors (Lipinski definition) is 1. The Balaban J connectivity index is 1.69. The van der Waals surface area contributed by atoms with Crippen molar-refractivity contribution < 1.29 is 18.3 Å². The molecule has 1 unspecified atom stereocenters. The molecule has 2 heterocycles. The highest BCUT2D eigenvalue weighted by Crippen LogP contribution is 2.48. The van der Waals surface area contributed by atoms with Crippen molar-refractivity contribution in [1.82, 2.24) is 4.98 Å². The van der Waals surface area contributed by atoms with Gasteiger partial charge in [0.05, 0.1) is 11.7 Å². The minimum absolute atomic E-state index is 0.0345. The van der Waals surface area contributed by atoms with Crippen LogP contribution in [0.1, 0.15) is 91.6 Å². The van der Waals surface area contributed by atoms with E-state index < -0.39 is 17.8 Å². The molecule has 34 heavy (non-hydrogen) atoms. The zero-order chi connectivity index (χ0) is 24.1. The van der Waals surface area contributed by atoms with Crippen molar-refractivity contribution >= 4 is 11.3 Å². The number of rotatable bonds is 4. The number of thiophene rings is 1. The van der Waals surface area contributed by atoms with E-state index in [0.717, 1.165) is 70.6 Å². The molecule has 2 aliphatic carbocycles. The van der Waals surface area contributed by atoms with Gasteiger partial charge in [0.1, 0.15) is 0 Å². The summed E-state index contributed by atoms with van der Waals surface area (Å²) in [5.74, 6) is 0.356. The molecule has 0 radical (unpaired) electrons. The van der Waals surface area contributed by atoms with Gasteiger partial charge in [-0.05, 0) is 88.7 Å². The van der Waals surface area contributed by atoms with Crippen molar-refractivity contribution in [3.8, 4) is 11.1 Å². The van der Waals surface area contributed by atoms with Crippen molar-refractivity contribution in [2.24, 2.45) is 5.41 Å². The molecule has 3 aromatic rings. The number of alkyl halides is 3. The fourth-order valence-electron chi connectivity index (χ4n) is 5.82. The van der Waals surface area contributed by atoms with E-state index in [1.54, 1.807) is 23.5 Å². The summed E-state index contributed by atoms with van der Waals surface area (Å²) in [6, 6.07) is 7.58. The summed E-state index contributed by atoms with van der Waals surface area (Å²) in [5.41, 5.74) is 6.35. The molecule has 0 amide bonds. The van der Waals surface area contributed by atoms with E-state index in [1.165, 1.54) is 12.8 Å². The maximum Gasteiger partial charge on any atom is 0.416 e. The lowest BCUT2D eigenvalue weighted by atomic mass is 9.71. The summed E-state index contributed by atoms with van der Waals surface area (Å²) in [7, 11) is 0. The second-order valence-corrected chi connectivity index (χ2v) is 11.4. The third-order valence-corrected chi connectivity index (χ3v) is 8.07. The van der Waals surface area contributed by atoms with Crippen LogP contribution in [0.2, 0.25) is 0 Å². The van der Waals surface area contributed by atoms with Crippen LogP contribution < -0.4 is 0 Å². The summed E-state index contributed by atoms with van der Waals surface area (Å²) in [4.78, 5) is 5.23. The van der Waals surface area contributed by atoms with Crippen LogP contribution >= 0.6 is 11.3 Å². The zero-order valence-electron chi connectivity index (χ0n) is 19.6. The number of nitrogens with zero attached hydrogens (tertiary/aromatic N) is 1. The van der Waals surface area contributed by atoms with Crippen LogP contribution in [0.15, 0.2) is 41.1 Å². The van der Waals surface area contributed by atoms with Crippen molar-refractivity contribution in [1.29, 1.82) is 0 Å². The summed E-state index contributed by atoms with van der Waals surface area (Å²) >= 11 is 1.62. The molecule has 0 aliphatic heterocycles. The standard InChI is InChI=1S/C28H30F3NOS/c1-27(2)14-22-25(23(33)15-27)24(19-11-12-34-16-19)21(26(32-22)18-5-3-4-6-18)13-17-7-9-20(10-8-17)28(29,30)31/h7-12,16,18,23,33H,3-6,13-15H2,1-2H3. The van der Waals surface area contributed by atoms with Crippen molar-refractivity contribution in [3.05, 3.63) is 74.7 Å². The Hall–Kier alpha value is -2.18. The molecule has 0 bridgehead atoms. The van der Waals surface area contributed by atoms with Gasteiger partial charge in [-0.15, -0.1) is 0 Å². The van der Waals surface area contributed by atoms with Crippen molar-refractivity contribution in [3.63, 3.8) is 0 Å². The van der Waals surface area contributed by atoms with Crippen molar-refractivity contribution in [2.75, 3.05) is 0 Å². The third-order valence-electron chi connectivity index (χ3n) is 7.39. The minimum atomic E-state index is -4.35. The second kappa shape index (κ2) is 8.80. The van der Waals surface area contributed by atoms with E-state index in [-0.39, 0.29) is 5.41 Å². The normalized spacial score (nSPS) is 20.5. The smallest absolute Gasteiger partial charge is 0.388 e. The van der Waals surface area contributed by atoms with Gasteiger partial charge in [-0.3, -0.25) is 4.98 Å². The average Bonchev–Trinajstić information content (AvgIpc) is 3.47. The first kappa shape index (κ1) is 23.6. The monoisotopic (exact) mass is 485 g/mol. The van der Waals surface area contributed by atoms with Gasteiger partial charge in [-0.1, -0.05) is 38.8 Å². The maximum atomic E-state index is 13.1. The fraction of sp³-hybridized carbons (Fsp3) is 0.464. The lowest BCUT2D eigenvalue weighted by Crippen LogP contribution is -2.28. The lowest BCUT2D eigenvalue weighted by Gasteiger charge is -2.37. The van der Waals surface area contributed by atoms with Crippen LogP contribution in [-0.2, 0) is 19.0 Å². The van der Waals surface area contributed by atoms with Crippen LogP contribution in [0.25, 0.3) is 11.1 Å². The number of aliphatic hydroxyl groups is 1. The summed E-state index contributed by atoms with van der Waals surface area (Å²) < 4.78 is 39.4. The molecule has 2 nitrogen and oxygen atoms in total. The van der Waals surface area contributed by atoms with Crippen LogP contribution in [-0.4, -0.2) is 10.1 Å². The summed E-state index contributed by atoms with van der Waals surface area (Å²) in [6.07, 6.45) is 1.55. The molecule has 1 saturated carbocycles. The Bertz CT molecular complexity index is 1160. The molecular weight excluding hydrogens is 455 g/mol. The van der Waals surface area contributed by atoms with Crippen LogP contribution in [0.4, 0.5) is 13.2 Å². The predicted octanol–water partition coefficient (Wildman–Crippen LogP) is 8.08. The number of halogens is 3. The molecule has 0 saturated heterocycles. The quantitative estimate of drug-likeness (QED) is 0.405. The molecule has 1 aromatic carbocycles. The molecule has 2 aliphatic rings. The minimum Gasteiger partial charge on any atom is -0.388 e. The van der Waals surface area contributed by atoms with E-state index in [0.29, 0.717) is 18.8 Å². The molecule has 6 heteroatoms. The van der Waals surface area contributed by atoms with Gasteiger partial charge < -0.3 is 5.11 Å². The van der Waals surface area contributed by atoms with Crippen molar-refractivity contribution in [2.45, 2.75) is 77.0 Å². The number of benzene rings is 1. The Morgan fingerprint density at radius 1 is 1.09 bits per heavy atom. The van der Waals surface area contributed by atoms with E-state index in [9.17, 15) is 18.3 Å². The topological polar surface area (TPSA) is 33.1 Å². The number of aromatic nitrogens is 1. The Labute approximate surface area is 202 Å². The fourth-order valence-corrected chi connectivity index (χ4v) is 6.47. The van der Waals surface area contributed by atoms with Gasteiger partial charge in [0.15, 0.2) is 0 Å². The highest BCUT2D eigenvalue weighted by atomic mass is 32.1. The van der Waals surface area contributed by atoms with Gasteiger partial charge >= 0.3 is 6.18 Å². The number of fused-ring (bicyclic) bond motifs is 1. The third kappa shape index (κ3) is 4.55. The van der Waals surface area contributed by atoms with Crippen LogP contribution in [0, 0.1) is 5.41 Å². The molecule has 1 N–H and O–H groups in total. The molecule has 180 valence electrons. The highest BCUT2D eigenvalue weighted by Gasteiger charge is 2.37. The van der Waals surface area contributed by atoms with Gasteiger partial charge in [0.25, 0.3) is 0 Å². The second-order valence-electron chi connectivity index (χ2n) is 10.6. The maximum absolute atomic E-state index is 13.1. The predicted molar refractivity (Wildman–Crippen MR) is 130 cm³/mol. The number of pyridine rings is 1. The van der Waals surface area contributed by atoms with Gasteiger partial charge in [0.2, 0.25) is 0 Å². The Morgan fingerprint density at radius 2 is 1.79 bits per heavy atom. The number of aliphatic hydroxyl groups excluding tert-OH is 1. The first-order valence-electron chi connectivity index (χ1n) is 12.0. The van der Waals surface area contributed by atoms with Gasteiger partial charge in [0, 0.05) is 22.9 Å². The Kier molecular flexibility index (Phi) is 6.09. The molecule has 2 aromatic heterocycles. The molecule has 0 spiro atoms. The number of hydrogen-bond acceptors (Lipinski definition) is 3. The first-order valence-corrected chi connectivity index (χ1v) is 13.0. The average molecular weight is 486 g/mol. The van der Waals surface area contributed by atoms with Crippen LogP contribution in [0.3, 0.4) is 0 Å². The van der Waals surface area contributed by atoms with E-state index in [2.05, 4.69) is 25.3 Å². The van der Waals surface area contributed by atoms with Gasteiger partial charge in [-0.25, -0.2) is 0 Å². The van der Waals surface area contributed by atoms with E-state index in [1.807, 2.05) is 5.38 Å². The summed E-state index contributed by atoms with van der Waals surface area (Å²) in [5, 5.41) is 15.4. The lowest BCUT2D eigenvalue weighted by molar-refractivity contribution is -0.137. The van der Waals surface area contributed by atoms with Gasteiger partial charge in [-0.2, -0.15) is 24.5 Å². The first-order chi connectivity index (χ1) is 16.1. The molecule has 1 atom stereocenters. The van der Waals surface area contributed by atoms with Crippen LogP contribution in [0.5, 0.6) is 0 Å². The van der Waals surface area contributed by atoms with E-state index >= 15 is 0 Å². The molecule has 1 fully saturated rings. The highest BCUT2D eigenvalue weighted by molar-refractivity contribution is 7.08. The largest absolute Gasteiger partial charge is 0.416 e. The van der Waals surface area contributed by atoms with E-state index in [4.69, 9.17) is 4.98 Å². The Morgan fingerprint density at radius 3 is 2.41 bits per heavy atom. The zero-order valence-corrected chi connectivity index (χ0v) is 20.4. The summed E-state index contributed by atoms with van der Waals surface area (Å²) in [6.45, 7) is 4.35.